The van der Waals surface area contributed by atoms with Crippen molar-refractivity contribution >= 4 is 21.6 Å². The molecule has 2 nitrogen and oxygen atoms in total. The Labute approximate surface area is 133 Å². The summed E-state index contributed by atoms with van der Waals surface area (Å²) in [7, 11) is 0. The fraction of sp³-hybridized carbons (Fsp3) is 0.625. The molecule has 5 heteroatoms. The summed E-state index contributed by atoms with van der Waals surface area (Å²) in [6.07, 6.45) is 5.95. The molecule has 116 valence electrons. The van der Waals surface area contributed by atoms with Crippen LogP contribution in [0.1, 0.15) is 39.0 Å². The molecule has 1 spiro atoms. The van der Waals surface area contributed by atoms with Crippen LogP contribution in [0.3, 0.4) is 0 Å². The van der Waals surface area contributed by atoms with Gasteiger partial charge in [0.25, 0.3) is 0 Å². The molecule has 1 aromatic rings. The summed E-state index contributed by atoms with van der Waals surface area (Å²) in [5, 5.41) is 3.66. The number of rotatable bonds is 1. The van der Waals surface area contributed by atoms with Crippen LogP contribution in [-0.2, 0) is 0 Å². The Bertz CT molecular complexity index is 529. The lowest BCUT2D eigenvalue weighted by Gasteiger charge is -2.50. The maximum Gasteiger partial charge on any atom is 0.147 e. The topological polar surface area (TPSA) is 15.3 Å². The quantitative estimate of drug-likeness (QED) is 0.755. The molecule has 0 aromatic heterocycles. The van der Waals surface area contributed by atoms with Crippen molar-refractivity contribution in [3.63, 3.8) is 0 Å². The number of halogens is 3. The van der Waals surface area contributed by atoms with E-state index in [-0.39, 0.29) is 21.9 Å². The molecule has 3 rings (SSSR count). The first-order valence-electron chi connectivity index (χ1n) is 7.67. The first-order valence-corrected chi connectivity index (χ1v) is 8.46. The Morgan fingerprint density at radius 2 is 1.90 bits per heavy atom. The molecule has 1 aliphatic heterocycles. The third kappa shape index (κ3) is 2.95. The fourth-order valence-corrected chi connectivity index (χ4v) is 3.95. The summed E-state index contributed by atoms with van der Waals surface area (Å²) < 4.78 is 28.3. The predicted molar refractivity (Wildman–Crippen MR) is 84.7 cm³/mol. The van der Waals surface area contributed by atoms with Crippen molar-refractivity contribution in [1.29, 1.82) is 0 Å². The van der Waals surface area contributed by atoms with Crippen LogP contribution in [0, 0.1) is 11.6 Å². The van der Waals surface area contributed by atoms with Gasteiger partial charge >= 0.3 is 0 Å². The van der Waals surface area contributed by atoms with Gasteiger partial charge in [-0.2, -0.15) is 0 Å². The van der Waals surface area contributed by atoms with Gasteiger partial charge in [-0.15, -0.1) is 0 Å². The van der Waals surface area contributed by atoms with Crippen LogP contribution in [0.25, 0.3) is 0 Å². The maximum absolute atomic E-state index is 14.3. The molecule has 1 aliphatic carbocycles. The first kappa shape index (κ1) is 15.2. The van der Waals surface area contributed by atoms with Crippen LogP contribution in [0.15, 0.2) is 16.6 Å². The zero-order valence-electron chi connectivity index (χ0n) is 12.3. The van der Waals surface area contributed by atoms with E-state index in [9.17, 15) is 8.78 Å². The molecule has 1 atom stereocenters. The van der Waals surface area contributed by atoms with Gasteiger partial charge in [-0.1, -0.05) is 19.3 Å². The molecule has 1 aromatic carbocycles. The lowest BCUT2D eigenvalue weighted by Crippen LogP contribution is -2.64. The molecule has 1 unspecified atom stereocenters. The van der Waals surface area contributed by atoms with Crippen molar-refractivity contribution in [1.82, 2.24) is 5.32 Å². The average molecular weight is 359 g/mol. The van der Waals surface area contributed by atoms with Gasteiger partial charge in [0.1, 0.15) is 11.6 Å². The molecule has 1 saturated heterocycles. The second-order valence-electron chi connectivity index (χ2n) is 6.42. The Morgan fingerprint density at radius 3 is 2.62 bits per heavy atom. The van der Waals surface area contributed by atoms with Gasteiger partial charge in [0, 0.05) is 30.7 Å². The maximum atomic E-state index is 14.3. The third-order valence-electron chi connectivity index (χ3n) is 4.89. The standard InChI is InChI=1S/C16H21BrF2N2/c1-11-9-20-16(5-3-2-4-6-16)10-21(11)15-8-13(18)12(17)7-14(15)19/h7-8,11,20H,2-6,9-10H2,1H3. The Hall–Kier alpha value is -0.680. The highest BCUT2D eigenvalue weighted by Crippen LogP contribution is 2.35. The van der Waals surface area contributed by atoms with Crippen molar-refractivity contribution < 1.29 is 8.78 Å². The van der Waals surface area contributed by atoms with E-state index in [4.69, 9.17) is 0 Å². The molecule has 0 radical (unpaired) electrons. The molecular formula is C16H21BrF2N2. The molecule has 1 saturated carbocycles. The number of hydrogen-bond donors (Lipinski definition) is 1. The zero-order valence-corrected chi connectivity index (χ0v) is 13.8. The van der Waals surface area contributed by atoms with E-state index in [0.29, 0.717) is 5.69 Å². The second kappa shape index (κ2) is 5.84. The zero-order chi connectivity index (χ0) is 15.0. The van der Waals surface area contributed by atoms with Gasteiger partial charge in [-0.3, -0.25) is 0 Å². The first-order chi connectivity index (χ1) is 10.0. The molecule has 0 amide bonds. The minimum Gasteiger partial charge on any atom is -0.363 e. The largest absolute Gasteiger partial charge is 0.363 e. The minimum absolute atomic E-state index is 0.0702. The highest BCUT2D eigenvalue weighted by molar-refractivity contribution is 9.10. The Kier molecular flexibility index (Phi) is 4.23. The Morgan fingerprint density at radius 1 is 1.19 bits per heavy atom. The minimum atomic E-state index is -0.408. The van der Waals surface area contributed by atoms with E-state index < -0.39 is 5.82 Å². The van der Waals surface area contributed by atoms with Crippen molar-refractivity contribution in [2.24, 2.45) is 0 Å². The van der Waals surface area contributed by atoms with Crippen LogP contribution in [0.2, 0.25) is 0 Å². The molecule has 1 heterocycles. The molecule has 21 heavy (non-hydrogen) atoms. The van der Waals surface area contributed by atoms with E-state index in [1.807, 2.05) is 4.90 Å². The van der Waals surface area contributed by atoms with E-state index in [0.717, 1.165) is 25.9 Å². The van der Waals surface area contributed by atoms with E-state index >= 15 is 0 Å². The highest BCUT2D eigenvalue weighted by Gasteiger charge is 2.39. The Balaban J connectivity index is 1.90. The average Bonchev–Trinajstić information content (AvgIpc) is 2.47. The predicted octanol–water partition coefficient (Wildman–Crippen LogP) is 4.23. The van der Waals surface area contributed by atoms with Crippen molar-refractivity contribution in [3.8, 4) is 0 Å². The van der Waals surface area contributed by atoms with Crippen LogP contribution in [0.4, 0.5) is 14.5 Å². The lowest BCUT2D eigenvalue weighted by molar-refractivity contribution is 0.200. The number of piperazine rings is 1. The van der Waals surface area contributed by atoms with Crippen molar-refractivity contribution in [2.75, 3.05) is 18.0 Å². The molecular weight excluding hydrogens is 338 g/mol. The second-order valence-corrected chi connectivity index (χ2v) is 7.27. The van der Waals surface area contributed by atoms with Crippen LogP contribution in [-0.4, -0.2) is 24.7 Å². The number of hydrogen-bond acceptors (Lipinski definition) is 2. The van der Waals surface area contributed by atoms with E-state index in [1.165, 1.54) is 31.4 Å². The van der Waals surface area contributed by atoms with Gasteiger partial charge in [0.05, 0.1) is 10.2 Å². The summed E-state index contributed by atoms with van der Waals surface area (Å²) in [6.45, 7) is 3.63. The molecule has 2 aliphatic rings. The summed E-state index contributed by atoms with van der Waals surface area (Å²) >= 11 is 3.04. The van der Waals surface area contributed by atoms with Crippen LogP contribution >= 0.6 is 15.9 Å². The van der Waals surface area contributed by atoms with Gasteiger partial charge in [-0.25, -0.2) is 8.78 Å². The van der Waals surface area contributed by atoms with Crippen LogP contribution < -0.4 is 10.2 Å². The number of benzene rings is 1. The smallest absolute Gasteiger partial charge is 0.147 e. The van der Waals surface area contributed by atoms with Gasteiger partial charge in [0.15, 0.2) is 0 Å². The fourth-order valence-electron chi connectivity index (χ4n) is 3.63. The highest BCUT2D eigenvalue weighted by atomic mass is 79.9. The van der Waals surface area contributed by atoms with Crippen LogP contribution in [0.5, 0.6) is 0 Å². The van der Waals surface area contributed by atoms with E-state index in [2.05, 4.69) is 28.2 Å². The summed E-state index contributed by atoms with van der Waals surface area (Å²) in [5.74, 6) is -0.766. The van der Waals surface area contributed by atoms with Gasteiger partial charge < -0.3 is 10.2 Å². The number of nitrogens with zero attached hydrogens (tertiary/aromatic N) is 1. The molecule has 0 bridgehead atoms. The lowest BCUT2D eigenvalue weighted by atomic mass is 9.79. The van der Waals surface area contributed by atoms with Crippen molar-refractivity contribution in [3.05, 3.63) is 28.2 Å². The summed E-state index contributed by atoms with van der Waals surface area (Å²) in [6, 6.07) is 2.71. The summed E-state index contributed by atoms with van der Waals surface area (Å²) in [4.78, 5) is 2.03. The monoisotopic (exact) mass is 358 g/mol. The number of nitrogens with one attached hydrogen (secondary N) is 1. The molecule has 1 N–H and O–H groups in total. The van der Waals surface area contributed by atoms with Gasteiger partial charge in [-0.05, 0) is 41.8 Å². The normalized spacial score (nSPS) is 25.3. The summed E-state index contributed by atoms with van der Waals surface area (Å²) in [5.41, 5.74) is 0.454. The third-order valence-corrected chi connectivity index (χ3v) is 5.50. The van der Waals surface area contributed by atoms with Crippen molar-refractivity contribution in [2.45, 2.75) is 50.6 Å². The van der Waals surface area contributed by atoms with Gasteiger partial charge in [0.2, 0.25) is 0 Å². The number of anilines is 1. The van der Waals surface area contributed by atoms with E-state index in [1.54, 1.807) is 0 Å². The SMILES string of the molecule is CC1CNC2(CCCCC2)CN1c1cc(F)c(Br)cc1F. The molecule has 2 fully saturated rings.